The number of carbonyl (C=O) groups excluding carboxylic acids is 1. The highest BCUT2D eigenvalue weighted by atomic mass is 19.4. The molecule has 130 valence electrons. The van der Waals surface area contributed by atoms with Crippen LogP contribution in [0.1, 0.15) is 21.5 Å². The second kappa shape index (κ2) is 8.25. The SMILES string of the molecule is Cc1ccccc1OCC#CCNC(=O)c1ccccc1C(F)(F)F. The van der Waals surface area contributed by atoms with Crippen LogP contribution in [0.15, 0.2) is 48.5 Å². The molecule has 0 bridgehead atoms. The lowest BCUT2D eigenvalue weighted by atomic mass is 10.1. The number of rotatable bonds is 4. The summed E-state index contributed by atoms with van der Waals surface area (Å²) in [4.78, 5) is 11.9. The van der Waals surface area contributed by atoms with Crippen molar-refractivity contribution >= 4 is 5.91 Å². The molecule has 0 saturated heterocycles. The Morgan fingerprint density at radius 2 is 1.76 bits per heavy atom. The summed E-state index contributed by atoms with van der Waals surface area (Å²) in [6.07, 6.45) is -4.58. The molecule has 25 heavy (non-hydrogen) atoms. The van der Waals surface area contributed by atoms with Gasteiger partial charge in [-0.15, -0.1) is 0 Å². The van der Waals surface area contributed by atoms with Gasteiger partial charge in [-0.1, -0.05) is 42.2 Å². The number of alkyl halides is 3. The minimum Gasteiger partial charge on any atom is -0.481 e. The standard InChI is InChI=1S/C19H16F3NO2/c1-14-8-2-5-11-17(14)25-13-7-6-12-23-18(24)15-9-3-4-10-16(15)19(20,21)22/h2-5,8-11H,12-13H2,1H3,(H,23,24). The van der Waals surface area contributed by atoms with Crippen molar-refractivity contribution in [2.45, 2.75) is 13.1 Å². The van der Waals surface area contributed by atoms with Crippen LogP contribution in [0.4, 0.5) is 13.2 Å². The molecule has 0 saturated carbocycles. The van der Waals surface area contributed by atoms with Crippen molar-refractivity contribution < 1.29 is 22.7 Å². The molecule has 0 aliphatic heterocycles. The van der Waals surface area contributed by atoms with Gasteiger partial charge in [0.25, 0.3) is 5.91 Å². The van der Waals surface area contributed by atoms with Crippen LogP contribution in [0.2, 0.25) is 0 Å². The number of hydrogen-bond acceptors (Lipinski definition) is 2. The molecule has 2 aromatic carbocycles. The van der Waals surface area contributed by atoms with Crippen molar-refractivity contribution in [3.8, 4) is 17.6 Å². The van der Waals surface area contributed by atoms with E-state index in [0.717, 1.165) is 17.7 Å². The van der Waals surface area contributed by atoms with Crippen LogP contribution in [-0.4, -0.2) is 19.1 Å². The van der Waals surface area contributed by atoms with Crippen LogP contribution in [-0.2, 0) is 6.18 Å². The maximum atomic E-state index is 12.9. The van der Waals surface area contributed by atoms with E-state index in [9.17, 15) is 18.0 Å². The lowest BCUT2D eigenvalue weighted by molar-refractivity contribution is -0.137. The first-order chi connectivity index (χ1) is 11.9. The maximum Gasteiger partial charge on any atom is 0.417 e. The van der Waals surface area contributed by atoms with Gasteiger partial charge in [0.1, 0.15) is 12.4 Å². The molecule has 6 heteroatoms. The van der Waals surface area contributed by atoms with Gasteiger partial charge in [0.05, 0.1) is 17.7 Å². The molecular weight excluding hydrogens is 331 g/mol. The molecule has 1 amide bonds. The summed E-state index contributed by atoms with van der Waals surface area (Å²) < 4.78 is 44.1. The van der Waals surface area contributed by atoms with E-state index in [2.05, 4.69) is 17.2 Å². The molecule has 0 fully saturated rings. The lowest BCUT2D eigenvalue weighted by Gasteiger charge is -2.11. The second-order valence-electron chi connectivity index (χ2n) is 5.13. The normalized spacial score (nSPS) is 10.6. The number of halogens is 3. The Kier molecular flexibility index (Phi) is 6.07. The van der Waals surface area contributed by atoms with Crippen LogP contribution >= 0.6 is 0 Å². The van der Waals surface area contributed by atoms with Crippen molar-refractivity contribution in [1.82, 2.24) is 5.32 Å². The fourth-order valence-corrected chi connectivity index (χ4v) is 2.09. The molecule has 0 unspecified atom stereocenters. The first-order valence-electron chi connectivity index (χ1n) is 7.48. The van der Waals surface area contributed by atoms with Crippen molar-refractivity contribution in [2.24, 2.45) is 0 Å². The third-order valence-electron chi connectivity index (χ3n) is 3.33. The van der Waals surface area contributed by atoms with Crippen molar-refractivity contribution in [2.75, 3.05) is 13.2 Å². The molecule has 0 aromatic heterocycles. The van der Waals surface area contributed by atoms with Crippen LogP contribution in [0.3, 0.4) is 0 Å². The molecule has 0 spiro atoms. The Bertz CT molecular complexity index is 804. The summed E-state index contributed by atoms with van der Waals surface area (Å²) >= 11 is 0. The quantitative estimate of drug-likeness (QED) is 0.854. The largest absolute Gasteiger partial charge is 0.481 e. The Labute approximate surface area is 143 Å². The molecule has 0 aliphatic rings. The van der Waals surface area contributed by atoms with Crippen molar-refractivity contribution in [3.05, 3.63) is 65.2 Å². The van der Waals surface area contributed by atoms with Gasteiger partial charge in [-0.25, -0.2) is 0 Å². The number of amides is 1. The molecule has 2 rings (SSSR count). The highest BCUT2D eigenvalue weighted by Crippen LogP contribution is 2.31. The topological polar surface area (TPSA) is 38.3 Å². The fourth-order valence-electron chi connectivity index (χ4n) is 2.09. The number of ether oxygens (including phenoxy) is 1. The number of aryl methyl sites for hydroxylation is 1. The van der Waals surface area contributed by atoms with Gasteiger partial charge in [-0.05, 0) is 30.7 Å². The van der Waals surface area contributed by atoms with Gasteiger partial charge in [-0.2, -0.15) is 13.2 Å². The smallest absolute Gasteiger partial charge is 0.417 e. The van der Waals surface area contributed by atoms with Crippen LogP contribution < -0.4 is 10.1 Å². The summed E-state index contributed by atoms with van der Waals surface area (Å²) in [5.74, 6) is 5.24. The van der Waals surface area contributed by atoms with E-state index in [1.54, 1.807) is 0 Å². The second-order valence-corrected chi connectivity index (χ2v) is 5.13. The number of para-hydroxylation sites is 1. The average Bonchev–Trinajstić information content (AvgIpc) is 2.58. The van der Waals surface area contributed by atoms with E-state index >= 15 is 0 Å². The van der Waals surface area contributed by atoms with Crippen LogP contribution in [0.25, 0.3) is 0 Å². The van der Waals surface area contributed by atoms with E-state index in [1.807, 2.05) is 31.2 Å². The first kappa shape index (κ1) is 18.4. The van der Waals surface area contributed by atoms with E-state index in [0.29, 0.717) is 5.75 Å². The summed E-state index contributed by atoms with van der Waals surface area (Å²) in [5.41, 5.74) is -0.419. The zero-order valence-electron chi connectivity index (χ0n) is 13.5. The number of hydrogen-bond donors (Lipinski definition) is 1. The molecule has 2 aromatic rings. The average molecular weight is 347 g/mol. The molecule has 3 nitrogen and oxygen atoms in total. The summed E-state index contributed by atoms with van der Waals surface area (Å²) in [6.45, 7) is 1.96. The number of benzene rings is 2. The molecule has 0 aliphatic carbocycles. The minimum atomic E-state index is -4.58. The fraction of sp³-hybridized carbons (Fsp3) is 0.211. The highest BCUT2D eigenvalue weighted by Gasteiger charge is 2.34. The molecule has 1 N–H and O–H groups in total. The summed E-state index contributed by atoms with van der Waals surface area (Å²) in [7, 11) is 0. The molecule has 0 radical (unpaired) electrons. The predicted octanol–water partition coefficient (Wildman–Crippen LogP) is 3.83. The van der Waals surface area contributed by atoms with Gasteiger partial charge in [0.2, 0.25) is 0 Å². The third kappa shape index (κ3) is 5.28. The zero-order valence-corrected chi connectivity index (χ0v) is 13.5. The molecule has 0 heterocycles. The summed E-state index contributed by atoms with van der Waals surface area (Å²) in [6, 6.07) is 12.1. The van der Waals surface area contributed by atoms with Crippen molar-refractivity contribution in [1.29, 1.82) is 0 Å². The highest BCUT2D eigenvalue weighted by molar-refractivity contribution is 5.96. The molecule has 0 atom stereocenters. The lowest BCUT2D eigenvalue weighted by Crippen LogP contribution is -2.26. The van der Waals surface area contributed by atoms with Gasteiger partial charge < -0.3 is 10.1 Å². The number of carbonyl (C=O) groups is 1. The van der Waals surface area contributed by atoms with E-state index in [1.165, 1.54) is 12.1 Å². The van der Waals surface area contributed by atoms with E-state index < -0.39 is 23.2 Å². The Morgan fingerprint density at radius 3 is 2.48 bits per heavy atom. The van der Waals surface area contributed by atoms with Gasteiger partial charge in [-0.3, -0.25) is 4.79 Å². The minimum absolute atomic E-state index is 0.0673. The third-order valence-corrected chi connectivity index (χ3v) is 3.33. The Hall–Kier alpha value is -2.94. The Balaban J connectivity index is 1.87. The monoisotopic (exact) mass is 347 g/mol. The predicted molar refractivity (Wildman–Crippen MR) is 88.2 cm³/mol. The van der Waals surface area contributed by atoms with Gasteiger partial charge in [0.15, 0.2) is 0 Å². The summed E-state index contributed by atoms with van der Waals surface area (Å²) in [5, 5.41) is 2.35. The first-order valence-corrected chi connectivity index (χ1v) is 7.48. The maximum absolute atomic E-state index is 12.9. The molecular formula is C19H16F3NO2. The number of nitrogens with one attached hydrogen (secondary N) is 1. The van der Waals surface area contributed by atoms with Gasteiger partial charge in [0, 0.05) is 0 Å². The zero-order chi connectivity index (χ0) is 18.3. The van der Waals surface area contributed by atoms with Crippen LogP contribution in [0.5, 0.6) is 5.75 Å². The van der Waals surface area contributed by atoms with Crippen LogP contribution in [0, 0.1) is 18.8 Å². The van der Waals surface area contributed by atoms with Gasteiger partial charge >= 0.3 is 6.18 Å². The Morgan fingerprint density at radius 1 is 1.08 bits per heavy atom. The van der Waals surface area contributed by atoms with Crippen molar-refractivity contribution in [3.63, 3.8) is 0 Å². The van der Waals surface area contributed by atoms with E-state index in [-0.39, 0.29) is 13.2 Å². The van der Waals surface area contributed by atoms with E-state index in [4.69, 9.17) is 4.74 Å².